The molecule has 0 saturated carbocycles. The van der Waals surface area contributed by atoms with Crippen molar-refractivity contribution in [1.82, 2.24) is 9.88 Å². The lowest BCUT2D eigenvalue weighted by atomic mass is 9.91. The maximum atomic E-state index is 13.6. The van der Waals surface area contributed by atoms with Gasteiger partial charge in [0.1, 0.15) is 5.69 Å². The Morgan fingerprint density at radius 2 is 1.52 bits per heavy atom. The van der Waals surface area contributed by atoms with E-state index in [0.29, 0.717) is 18.2 Å². The SMILES string of the molecule is CCOC(=O)N1c2ccc(C(F)(F)F)nc2[C@@H](N(Cc2cc(C(F)(F)F)cc(C(F)(F)F)c2)C(C)=O)C[C@H]1CC. The zero-order chi connectivity index (χ0) is 30.2. The molecule has 0 unspecified atom stereocenters. The normalized spacial score (nSPS) is 17.9. The lowest BCUT2D eigenvalue weighted by Gasteiger charge is -2.43. The van der Waals surface area contributed by atoms with E-state index in [1.807, 2.05) is 0 Å². The molecule has 0 radical (unpaired) electrons. The Bertz CT molecular complexity index is 1230. The number of benzene rings is 1. The number of pyridine rings is 1. The van der Waals surface area contributed by atoms with E-state index >= 15 is 0 Å². The fraction of sp³-hybridized carbons (Fsp3) is 0.480. The van der Waals surface area contributed by atoms with Crippen LogP contribution in [-0.4, -0.2) is 34.5 Å². The predicted molar refractivity (Wildman–Crippen MR) is 123 cm³/mol. The standard InChI is InChI=1S/C25H24F9N3O3/c1-4-17-11-19(21-18(37(17)22(39)40-5-2)6-7-20(35-21)25(32,33)34)36(13(3)38)12-14-8-15(23(26,27)28)10-16(9-14)24(29,30)31/h6-10,17,19H,4-5,11-12H2,1-3H3/t17-,19+/m1/s1. The number of aromatic nitrogens is 1. The van der Waals surface area contributed by atoms with Crippen molar-refractivity contribution >= 4 is 17.7 Å². The van der Waals surface area contributed by atoms with E-state index in [9.17, 15) is 49.1 Å². The summed E-state index contributed by atoms with van der Waals surface area (Å²) in [5.41, 5.74) is -5.65. The second-order valence-corrected chi connectivity index (χ2v) is 9.04. The number of rotatable bonds is 5. The van der Waals surface area contributed by atoms with Crippen LogP contribution in [0.3, 0.4) is 0 Å². The van der Waals surface area contributed by atoms with Gasteiger partial charge in [-0.25, -0.2) is 9.78 Å². The number of amides is 2. The van der Waals surface area contributed by atoms with Gasteiger partial charge in [0.2, 0.25) is 5.91 Å². The number of ether oxygens (including phenoxy) is 1. The summed E-state index contributed by atoms with van der Waals surface area (Å²) in [5, 5.41) is 0. The molecule has 1 aromatic heterocycles. The first-order chi connectivity index (χ1) is 18.4. The summed E-state index contributed by atoms with van der Waals surface area (Å²) in [7, 11) is 0. The van der Waals surface area contributed by atoms with Crippen LogP contribution in [0.2, 0.25) is 0 Å². The molecule has 2 amide bonds. The highest BCUT2D eigenvalue weighted by molar-refractivity contribution is 5.90. The molecule has 3 rings (SSSR count). The van der Waals surface area contributed by atoms with E-state index in [1.165, 1.54) is 6.92 Å². The van der Waals surface area contributed by atoms with Gasteiger partial charge in [0, 0.05) is 19.5 Å². The van der Waals surface area contributed by atoms with Crippen molar-refractivity contribution in [2.45, 2.75) is 70.8 Å². The Kier molecular flexibility index (Phi) is 8.65. The highest BCUT2D eigenvalue weighted by Gasteiger charge is 2.43. The Morgan fingerprint density at radius 1 is 0.950 bits per heavy atom. The molecule has 15 heteroatoms. The Balaban J connectivity index is 2.20. The molecule has 0 fully saturated rings. The van der Waals surface area contributed by atoms with Crippen LogP contribution in [0.25, 0.3) is 0 Å². The number of fused-ring (bicyclic) bond motifs is 1. The second kappa shape index (κ2) is 11.2. The van der Waals surface area contributed by atoms with Crippen LogP contribution in [0, 0.1) is 0 Å². The maximum absolute atomic E-state index is 13.6. The number of alkyl halides is 9. The van der Waals surface area contributed by atoms with Crippen LogP contribution in [0.5, 0.6) is 0 Å². The van der Waals surface area contributed by atoms with Gasteiger partial charge in [0.15, 0.2) is 0 Å². The molecular weight excluding hydrogens is 561 g/mol. The highest BCUT2D eigenvalue weighted by atomic mass is 19.4. The quantitative estimate of drug-likeness (QED) is 0.344. The van der Waals surface area contributed by atoms with Gasteiger partial charge in [-0.2, -0.15) is 39.5 Å². The van der Waals surface area contributed by atoms with E-state index in [-0.39, 0.29) is 31.2 Å². The topological polar surface area (TPSA) is 62.7 Å². The first kappa shape index (κ1) is 31.0. The van der Waals surface area contributed by atoms with E-state index in [0.717, 1.165) is 22.8 Å². The average molecular weight is 585 g/mol. The zero-order valence-corrected chi connectivity index (χ0v) is 21.3. The van der Waals surface area contributed by atoms with Crippen LogP contribution in [0.4, 0.5) is 50.0 Å². The highest BCUT2D eigenvalue weighted by Crippen LogP contribution is 2.44. The fourth-order valence-corrected chi connectivity index (χ4v) is 4.56. The van der Waals surface area contributed by atoms with Gasteiger partial charge in [0.25, 0.3) is 0 Å². The largest absolute Gasteiger partial charge is 0.449 e. The number of anilines is 1. The molecule has 0 saturated heterocycles. The third-order valence-electron chi connectivity index (χ3n) is 6.35. The smallest absolute Gasteiger partial charge is 0.433 e. The number of carbonyl (C=O) groups is 2. The van der Waals surface area contributed by atoms with Crippen molar-refractivity contribution in [3.63, 3.8) is 0 Å². The van der Waals surface area contributed by atoms with E-state index in [1.54, 1.807) is 6.92 Å². The third-order valence-corrected chi connectivity index (χ3v) is 6.35. The minimum Gasteiger partial charge on any atom is -0.449 e. The summed E-state index contributed by atoms with van der Waals surface area (Å²) >= 11 is 0. The summed E-state index contributed by atoms with van der Waals surface area (Å²) in [4.78, 5) is 31.1. The summed E-state index contributed by atoms with van der Waals surface area (Å²) in [6.07, 6.45) is -16.1. The van der Waals surface area contributed by atoms with Gasteiger partial charge in [-0.1, -0.05) is 6.92 Å². The summed E-state index contributed by atoms with van der Waals surface area (Å²) in [6.45, 7) is 3.27. The molecule has 1 aliphatic heterocycles. The number of hydrogen-bond acceptors (Lipinski definition) is 4. The molecule has 2 atom stereocenters. The Labute approximate surface area is 222 Å². The maximum Gasteiger partial charge on any atom is 0.433 e. The number of nitrogens with zero attached hydrogens (tertiary/aromatic N) is 3. The lowest BCUT2D eigenvalue weighted by molar-refractivity contribution is -0.143. The van der Waals surface area contributed by atoms with Gasteiger partial charge in [0.05, 0.1) is 35.2 Å². The number of hydrogen-bond donors (Lipinski definition) is 0. The minimum absolute atomic E-state index is 0.0603. The van der Waals surface area contributed by atoms with Crippen molar-refractivity contribution in [2.75, 3.05) is 11.5 Å². The fourth-order valence-electron chi connectivity index (χ4n) is 4.56. The third kappa shape index (κ3) is 6.61. The molecule has 0 aliphatic carbocycles. The van der Waals surface area contributed by atoms with E-state index < -0.39 is 77.2 Å². The van der Waals surface area contributed by atoms with Crippen molar-refractivity contribution in [2.24, 2.45) is 0 Å². The average Bonchev–Trinajstić information content (AvgIpc) is 2.84. The van der Waals surface area contributed by atoms with Crippen molar-refractivity contribution in [3.8, 4) is 0 Å². The monoisotopic (exact) mass is 585 g/mol. The number of halogens is 9. The van der Waals surface area contributed by atoms with Crippen LogP contribution in [0.15, 0.2) is 30.3 Å². The molecule has 2 heterocycles. The van der Waals surface area contributed by atoms with E-state index in [2.05, 4.69) is 4.98 Å². The molecular formula is C25H24F9N3O3. The predicted octanol–water partition coefficient (Wildman–Crippen LogP) is 7.37. The summed E-state index contributed by atoms with van der Waals surface area (Å²) in [6, 6.07) is 0.340. The molecule has 1 aliphatic rings. The molecule has 0 N–H and O–H groups in total. The van der Waals surface area contributed by atoms with Crippen LogP contribution in [0.1, 0.15) is 67.7 Å². The van der Waals surface area contributed by atoms with Gasteiger partial charge in [-0.15, -0.1) is 0 Å². The van der Waals surface area contributed by atoms with Gasteiger partial charge >= 0.3 is 24.6 Å². The Hall–Kier alpha value is -3.52. The molecule has 220 valence electrons. The van der Waals surface area contributed by atoms with Crippen molar-refractivity contribution < 1.29 is 53.8 Å². The zero-order valence-electron chi connectivity index (χ0n) is 21.3. The molecule has 2 aromatic rings. The molecule has 40 heavy (non-hydrogen) atoms. The van der Waals surface area contributed by atoms with Crippen molar-refractivity contribution in [3.05, 3.63) is 58.4 Å². The van der Waals surface area contributed by atoms with Crippen LogP contribution in [-0.2, 0) is 34.6 Å². The molecule has 1 aromatic carbocycles. The number of carbonyl (C=O) groups excluding carboxylic acids is 2. The first-order valence-corrected chi connectivity index (χ1v) is 12.0. The van der Waals surface area contributed by atoms with E-state index in [4.69, 9.17) is 4.74 Å². The minimum atomic E-state index is -5.15. The second-order valence-electron chi connectivity index (χ2n) is 9.04. The lowest BCUT2D eigenvalue weighted by Crippen LogP contribution is -2.49. The van der Waals surface area contributed by atoms with Crippen LogP contribution < -0.4 is 4.90 Å². The van der Waals surface area contributed by atoms with Gasteiger partial charge in [-0.05, 0) is 55.7 Å². The van der Waals surface area contributed by atoms with Gasteiger partial charge in [-0.3, -0.25) is 9.69 Å². The van der Waals surface area contributed by atoms with Crippen LogP contribution >= 0.6 is 0 Å². The Morgan fingerprint density at radius 3 is 1.98 bits per heavy atom. The molecule has 6 nitrogen and oxygen atoms in total. The molecule has 0 bridgehead atoms. The first-order valence-electron chi connectivity index (χ1n) is 12.0. The summed E-state index contributed by atoms with van der Waals surface area (Å²) in [5.74, 6) is -0.847. The van der Waals surface area contributed by atoms with Crippen molar-refractivity contribution in [1.29, 1.82) is 0 Å². The molecule has 0 spiro atoms. The van der Waals surface area contributed by atoms with Gasteiger partial charge < -0.3 is 9.64 Å². The summed E-state index contributed by atoms with van der Waals surface area (Å²) < 4.78 is 126.